The summed E-state index contributed by atoms with van der Waals surface area (Å²) < 4.78 is 10.3. The quantitative estimate of drug-likeness (QED) is 0.745. The van der Waals surface area contributed by atoms with Crippen molar-refractivity contribution < 1.29 is 24.2 Å². The molecule has 1 aliphatic rings. The van der Waals surface area contributed by atoms with Gasteiger partial charge in [0.15, 0.2) is 0 Å². The molecule has 0 spiro atoms. The first-order valence-electron chi connectivity index (χ1n) is 6.67. The Balaban J connectivity index is 2.21. The first-order valence-corrected chi connectivity index (χ1v) is 6.67. The van der Waals surface area contributed by atoms with Gasteiger partial charge in [0, 0.05) is 26.6 Å². The largest absolute Gasteiger partial charge is 0.480 e. The molecule has 0 saturated carbocycles. The fourth-order valence-corrected chi connectivity index (χ4v) is 2.06. The highest BCUT2D eigenvalue weighted by Crippen LogP contribution is 2.15. The molecule has 0 aromatic carbocycles. The van der Waals surface area contributed by atoms with Crippen LogP contribution in [0.1, 0.15) is 32.6 Å². The molecule has 0 aliphatic carbocycles. The van der Waals surface area contributed by atoms with Gasteiger partial charge in [-0.1, -0.05) is 0 Å². The van der Waals surface area contributed by atoms with Crippen molar-refractivity contribution in [2.45, 2.75) is 44.8 Å². The lowest BCUT2D eigenvalue weighted by Gasteiger charge is -2.32. The summed E-state index contributed by atoms with van der Waals surface area (Å²) in [6.07, 6.45) is 2.69. The van der Waals surface area contributed by atoms with Crippen LogP contribution in [0, 0.1) is 0 Å². The molecule has 1 atom stereocenters. The molecule has 1 rings (SSSR count). The molecule has 1 amide bonds. The number of amides is 1. The molecular formula is C13H23NO5. The fourth-order valence-electron chi connectivity index (χ4n) is 2.06. The Morgan fingerprint density at radius 3 is 2.53 bits per heavy atom. The van der Waals surface area contributed by atoms with Crippen LogP contribution in [-0.4, -0.2) is 60.9 Å². The van der Waals surface area contributed by atoms with Gasteiger partial charge in [-0.25, -0.2) is 4.79 Å². The fraction of sp³-hybridized carbons (Fsp3) is 0.846. The van der Waals surface area contributed by atoms with Gasteiger partial charge in [0.25, 0.3) is 0 Å². The van der Waals surface area contributed by atoms with Crippen molar-refractivity contribution in [3.8, 4) is 0 Å². The molecule has 6 nitrogen and oxygen atoms in total. The Bertz CT molecular complexity index is 299. The molecule has 0 aromatic rings. The smallest absolute Gasteiger partial charge is 0.329 e. The van der Waals surface area contributed by atoms with Gasteiger partial charge in [-0.15, -0.1) is 0 Å². The molecule has 0 aromatic heterocycles. The number of methoxy groups -OCH3 is 1. The van der Waals surface area contributed by atoms with Gasteiger partial charge < -0.3 is 19.5 Å². The second-order valence-corrected chi connectivity index (χ2v) is 4.87. The second kappa shape index (κ2) is 8.12. The third-order valence-electron chi connectivity index (χ3n) is 3.40. The van der Waals surface area contributed by atoms with Crippen molar-refractivity contribution in [3.63, 3.8) is 0 Å². The highest BCUT2D eigenvalue weighted by Gasteiger charge is 2.23. The maximum absolute atomic E-state index is 11.9. The standard InChI is InChI=1S/C13H23NO5/c1-10(18-2)3-4-12(15)14-7-5-11(6-8-14)19-9-13(16)17/h10-11H,3-9H2,1-2H3,(H,16,17). The Labute approximate surface area is 113 Å². The molecule has 0 radical (unpaired) electrons. The third-order valence-corrected chi connectivity index (χ3v) is 3.40. The van der Waals surface area contributed by atoms with E-state index in [1.165, 1.54) is 0 Å². The highest BCUT2D eigenvalue weighted by atomic mass is 16.5. The van der Waals surface area contributed by atoms with Crippen molar-refractivity contribution >= 4 is 11.9 Å². The van der Waals surface area contributed by atoms with Crippen LogP contribution in [0.15, 0.2) is 0 Å². The number of hydrogen-bond donors (Lipinski definition) is 1. The molecule has 110 valence electrons. The van der Waals surface area contributed by atoms with Crippen molar-refractivity contribution in [2.24, 2.45) is 0 Å². The lowest BCUT2D eigenvalue weighted by molar-refractivity contribution is -0.147. The zero-order chi connectivity index (χ0) is 14.3. The van der Waals surface area contributed by atoms with Crippen molar-refractivity contribution in [2.75, 3.05) is 26.8 Å². The predicted octanol–water partition coefficient (Wildman–Crippen LogP) is 0.894. The van der Waals surface area contributed by atoms with E-state index in [0.717, 1.165) is 6.42 Å². The van der Waals surface area contributed by atoms with E-state index in [9.17, 15) is 9.59 Å². The van der Waals surface area contributed by atoms with E-state index in [2.05, 4.69) is 0 Å². The number of piperidine rings is 1. The number of carbonyl (C=O) groups is 2. The van der Waals surface area contributed by atoms with Gasteiger partial charge in [-0.2, -0.15) is 0 Å². The van der Waals surface area contributed by atoms with Crippen LogP contribution < -0.4 is 0 Å². The van der Waals surface area contributed by atoms with Crippen LogP contribution in [0.5, 0.6) is 0 Å². The number of carbonyl (C=O) groups excluding carboxylic acids is 1. The average Bonchev–Trinajstić information content (AvgIpc) is 2.42. The SMILES string of the molecule is COC(C)CCC(=O)N1CCC(OCC(=O)O)CC1. The normalized spacial score (nSPS) is 18.3. The minimum Gasteiger partial charge on any atom is -0.480 e. The molecule has 1 saturated heterocycles. The summed E-state index contributed by atoms with van der Waals surface area (Å²) in [4.78, 5) is 24.1. The van der Waals surface area contributed by atoms with Crippen molar-refractivity contribution in [1.29, 1.82) is 0 Å². The van der Waals surface area contributed by atoms with E-state index in [0.29, 0.717) is 32.4 Å². The lowest BCUT2D eigenvalue weighted by Crippen LogP contribution is -2.41. The summed E-state index contributed by atoms with van der Waals surface area (Å²) in [5.41, 5.74) is 0. The van der Waals surface area contributed by atoms with E-state index in [1.807, 2.05) is 11.8 Å². The van der Waals surface area contributed by atoms with Crippen molar-refractivity contribution in [1.82, 2.24) is 4.90 Å². The van der Waals surface area contributed by atoms with Crippen molar-refractivity contribution in [3.05, 3.63) is 0 Å². The molecular weight excluding hydrogens is 250 g/mol. The summed E-state index contributed by atoms with van der Waals surface area (Å²) in [5.74, 6) is -0.812. The second-order valence-electron chi connectivity index (χ2n) is 4.87. The summed E-state index contributed by atoms with van der Waals surface area (Å²) in [7, 11) is 1.64. The van der Waals surface area contributed by atoms with Crippen LogP contribution in [-0.2, 0) is 19.1 Å². The molecule has 19 heavy (non-hydrogen) atoms. The number of hydrogen-bond acceptors (Lipinski definition) is 4. The first-order chi connectivity index (χ1) is 9.02. The summed E-state index contributed by atoms with van der Waals surface area (Å²) >= 11 is 0. The predicted molar refractivity (Wildman–Crippen MR) is 68.9 cm³/mol. The van der Waals surface area contributed by atoms with Crippen LogP contribution >= 0.6 is 0 Å². The zero-order valence-corrected chi connectivity index (χ0v) is 11.6. The van der Waals surface area contributed by atoms with Crippen LogP contribution in [0.4, 0.5) is 0 Å². The van der Waals surface area contributed by atoms with Gasteiger partial charge in [-0.05, 0) is 26.2 Å². The van der Waals surface area contributed by atoms with Gasteiger partial charge in [0.05, 0.1) is 12.2 Å². The van der Waals surface area contributed by atoms with E-state index >= 15 is 0 Å². The minimum absolute atomic E-state index is 0.0435. The third kappa shape index (κ3) is 6.02. The van der Waals surface area contributed by atoms with Gasteiger partial charge in [0.2, 0.25) is 5.91 Å². The van der Waals surface area contributed by atoms with E-state index in [-0.39, 0.29) is 24.7 Å². The van der Waals surface area contributed by atoms with Crippen LogP contribution in [0.2, 0.25) is 0 Å². The molecule has 6 heteroatoms. The number of aliphatic carboxylic acids is 1. The molecule has 1 aliphatic heterocycles. The average molecular weight is 273 g/mol. The molecule has 1 fully saturated rings. The van der Waals surface area contributed by atoms with E-state index < -0.39 is 5.97 Å². The Morgan fingerprint density at radius 2 is 2.00 bits per heavy atom. The molecule has 1 unspecified atom stereocenters. The zero-order valence-electron chi connectivity index (χ0n) is 11.6. The van der Waals surface area contributed by atoms with E-state index in [1.54, 1.807) is 7.11 Å². The number of ether oxygens (including phenoxy) is 2. The van der Waals surface area contributed by atoms with Crippen LogP contribution in [0.25, 0.3) is 0 Å². The number of likely N-dealkylation sites (tertiary alicyclic amines) is 1. The monoisotopic (exact) mass is 273 g/mol. The Morgan fingerprint density at radius 1 is 1.37 bits per heavy atom. The Hall–Kier alpha value is -1.14. The molecule has 1 heterocycles. The van der Waals surface area contributed by atoms with E-state index in [4.69, 9.17) is 14.6 Å². The van der Waals surface area contributed by atoms with Gasteiger partial charge in [-0.3, -0.25) is 4.79 Å². The topological polar surface area (TPSA) is 76.1 Å². The minimum atomic E-state index is -0.952. The van der Waals surface area contributed by atoms with Gasteiger partial charge >= 0.3 is 5.97 Å². The number of carboxylic acids is 1. The van der Waals surface area contributed by atoms with Gasteiger partial charge in [0.1, 0.15) is 6.61 Å². The highest BCUT2D eigenvalue weighted by molar-refractivity contribution is 5.76. The van der Waals surface area contributed by atoms with Crippen LogP contribution in [0.3, 0.4) is 0 Å². The maximum Gasteiger partial charge on any atom is 0.329 e. The number of nitrogens with zero attached hydrogens (tertiary/aromatic N) is 1. The summed E-state index contributed by atoms with van der Waals surface area (Å²) in [5, 5.41) is 8.53. The lowest BCUT2D eigenvalue weighted by atomic mass is 10.1. The summed E-state index contributed by atoms with van der Waals surface area (Å²) in [6.45, 7) is 2.97. The summed E-state index contributed by atoms with van der Waals surface area (Å²) in [6, 6.07) is 0. The number of rotatable bonds is 7. The Kier molecular flexibility index (Phi) is 6.80. The molecule has 1 N–H and O–H groups in total. The first kappa shape index (κ1) is 15.9. The maximum atomic E-state index is 11.9. The molecule has 0 bridgehead atoms. The number of carboxylic acid groups (broad SMARTS) is 1.